The Kier molecular flexibility index (Phi) is 9.04. The van der Waals surface area contributed by atoms with E-state index in [-0.39, 0.29) is 30.4 Å². The lowest BCUT2D eigenvalue weighted by atomic mass is 10.1. The van der Waals surface area contributed by atoms with E-state index in [0.29, 0.717) is 13.0 Å². The molecule has 0 fully saturated rings. The molecule has 14 heavy (non-hydrogen) atoms. The van der Waals surface area contributed by atoms with Gasteiger partial charge in [0, 0.05) is 18.0 Å². The van der Waals surface area contributed by atoms with Gasteiger partial charge in [-0.2, -0.15) is 0 Å². The zero-order valence-electron chi connectivity index (χ0n) is 7.32. The van der Waals surface area contributed by atoms with Crippen LogP contribution in [-0.2, 0) is 6.42 Å². The summed E-state index contributed by atoms with van der Waals surface area (Å²) in [6.07, 6.45) is 0.868. The summed E-state index contributed by atoms with van der Waals surface area (Å²) in [6, 6.07) is 1.44. The van der Waals surface area contributed by atoms with E-state index in [1.165, 1.54) is 12.3 Å². The second kappa shape index (κ2) is 7.91. The lowest BCUT2D eigenvalue weighted by Crippen LogP contribution is -2.03. The average Bonchev–Trinajstić information content (AvgIpc) is 2.05. The first-order valence-electron chi connectivity index (χ1n) is 3.66. The summed E-state index contributed by atoms with van der Waals surface area (Å²) in [5.74, 6) is 0. The number of nitrogens with two attached hydrogens (primary N) is 1. The van der Waals surface area contributed by atoms with E-state index in [9.17, 15) is 8.78 Å². The molecular weight excluding hydrogens is 233 g/mol. The van der Waals surface area contributed by atoms with Crippen molar-refractivity contribution in [2.45, 2.75) is 12.8 Å². The van der Waals surface area contributed by atoms with Crippen LogP contribution in [0.4, 0.5) is 8.78 Å². The third kappa shape index (κ3) is 4.69. The molecule has 0 saturated heterocycles. The van der Waals surface area contributed by atoms with Crippen LogP contribution in [0.5, 0.6) is 0 Å². The smallest absolute Gasteiger partial charge is 0.265 e. The SMILES string of the molecule is Cl.Cl.NCCc1cncc(C(F)F)c1. The van der Waals surface area contributed by atoms with Crippen molar-refractivity contribution in [3.63, 3.8) is 0 Å². The molecule has 0 aliphatic carbocycles. The van der Waals surface area contributed by atoms with Crippen molar-refractivity contribution in [2.75, 3.05) is 6.54 Å². The normalized spacial score (nSPS) is 9.14. The lowest BCUT2D eigenvalue weighted by Gasteiger charge is -2.01. The summed E-state index contributed by atoms with van der Waals surface area (Å²) >= 11 is 0. The van der Waals surface area contributed by atoms with E-state index in [1.807, 2.05) is 0 Å². The van der Waals surface area contributed by atoms with Gasteiger partial charge >= 0.3 is 0 Å². The fraction of sp³-hybridized carbons (Fsp3) is 0.375. The Bertz CT molecular complexity index is 259. The fourth-order valence-electron chi connectivity index (χ4n) is 0.930. The fourth-order valence-corrected chi connectivity index (χ4v) is 0.930. The third-order valence-electron chi connectivity index (χ3n) is 1.50. The highest BCUT2D eigenvalue weighted by Gasteiger charge is 2.06. The lowest BCUT2D eigenvalue weighted by molar-refractivity contribution is 0.151. The van der Waals surface area contributed by atoms with Crippen molar-refractivity contribution < 1.29 is 8.78 Å². The van der Waals surface area contributed by atoms with Crippen LogP contribution >= 0.6 is 24.8 Å². The van der Waals surface area contributed by atoms with Crippen molar-refractivity contribution in [2.24, 2.45) is 5.73 Å². The quantitative estimate of drug-likeness (QED) is 0.887. The van der Waals surface area contributed by atoms with E-state index < -0.39 is 6.43 Å². The molecule has 0 aliphatic heterocycles. The first kappa shape index (κ1) is 16.0. The minimum absolute atomic E-state index is 0. The second-order valence-electron chi connectivity index (χ2n) is 2.47. The predicted octanol–water partition coefficient (Wildman–Crippen LogP) is 2.36. The maximum Gasteiger partial charge on any atom is 0.265 e. The van der Waals surface area contributed by atoms with E-state index in [0.717, 1.165) is 5.56 Å². The molecule has 0 saturated carbocycles. The molecule has 1 aromatic rings. The van der Waals surface area contributed by atoms with Gasteiger partial charge in [-0.1, -0.05) is 0 Å². The molecule has 1 heterocycles. The van der Waals surface area contributed by atoms with Crippen LogP contribution in [0.15, 0.2) is 18.5 Å². The van der Waals surface area contributed by atoms with Gasteiger partial charge in [0.2, 0.25) is 0 Å². The summed E-state index contributed by atoms with van der Waals surface area (Å²) in [7, 11) is 0. The summed E-state index contributed by atoms with van der Waals surface area (Å²) in [5.41, 5.74) is 5.99. The van der Waals surface area contributed by atoms with Gasteiger partial charge in [0.05, 0.1) is 0 Å². The van der Waals surface area contributed by atoms with Crippen LogP contribution in [0, 0.1) is 0 Å². The van der Waals surface area contributed by atoms with Crippen LogP contribution in [-0.4, -0.2) is 11.5 Å². The number of halogens is 4. The Morgan fingerprint density at radius 1 is 1.29 bits per heavy atom. The monoisotopic (exact) mass is 244 g/mol. The Morgan fingerprint density at radius 3 is 2.43 bits per heavy atom. The maximum absolute atomic E-state index is 12.1. The first-order chi connectivity index (χ1) is 5.74. The minimum atomic E-state index is -2.45. The molecule has 82 valence electrons. The Hall–Kier alpha value is -0.450. The molecule has 6 heteroatoms. The summed E-state index contributed by atoms with van der Waals surface area (Å²) in [5, 5.41) is 0. The molecule has 0 unspecified atom stereocenters. The molecule has 0 amide bonds. The topological polar surface area (TPSA) is 38.9 Å². The van der Waals surface area contributed by atoms with Crippen molar-refractivity contribution in [1.29, 1.82) is 0 Å². The Balaban J connectivity index is 0. The predicted molar refractivity (Wildman–Crippen MR) is 56.4 cm³/mol. The average molecular weight is 245 g/mol. The molecule has 0 spiro atoms. The molecule has 0 radical (unpaired) electrons. The van der Waals surface area contributed by atoms with E-state index >= 15 is 0 Å². The van der Waals surface area contributed by atoms with Gasteiger partial charge in [-0.15, -0.1) is 24.8 Å². The highest BCUT2D eigenvalue weighted by molar-refractivity contribution is 5.85. The summed E-state index contributed by atoms with van der Waals surface area (Å²) in [4.78, 5) is 3.69. The molecule has 0 aliphatic rings. The molecular formula is C8H12Cl2F2N2. The van der Waals surface area contributed by atoms with Gasteiger partial charge in [0.15, 0.2) is 0 Å². The molecule has 0 atom stereocenters. The van der Waals surface area contributed by atoms with Crippen molar-refractivity contribution in [3.05, 3.63) is 29.6 Å². The highest BCUT2D eigenvalue weighted by Crippen LogP contribution is 2.18. The van der Waals surface area contributed by atoms with E-state index in [2.05, 4.69) is 4.98 Å². The van der Waals surface area contributed by atoms with Crippen molar-refractivity contribution >= 4 is 24.8 Å². The van der Waals surface area contributed by atoms with Crippen LogP contribution in [0.25, 0.3) is 0 Å². The Labute approximate surface area is 93.7 Å². The van der Waals surface area contributed by atoms with E-state index in [1.54, 1.807) is 6.20 Å². The zero-order chi connectivity index (χ0) is 8.97. The van der Waals surface area contributed by atoms with E-state index in [4.69, 9.17) is 5.73 Å². The summed E-state index contributed by atoms with van der Waals surface area (Å²) in [6.45, 7) is 0.453. The number of pyridine rings is 1. The molecule has 0 aromatic carbocycles. The first-order valence-corrected chi connectivity index (χ1v) is 3.66. The standard InChI is InChI=1S/C8H10F2N2.2ClH/c9-8(10)7-3-6(1-2-11)4-12-5-7;;/h3-5,8H,1-2,11H2;2*1H. The molecule has 1 aromatic heterocycles. The number of rotatable bonds is 3. The van der Waals surface area contributed by atoms with Gasteiger partial charge in [-0.3, -0.25) is 4.98 Å². The number of hydrogen-bond donors (Lipinski definition) is 1. The van der Waals surface area contributed by atoms with Crippen molar-refractivity contribution in [3.8, 4) is 0 Å². The number of alkyl halides is 2. The molecule has 1 rings (SSSR count). The zero-order valence-corrected chi connectivity index (χ0v) is 8.95. The molecule has 2 nitrogen and oxygen atoms in total. The van der Waals surface area contributed by atoms with Crippen LogP contribution in [0.2, 0.25) is 0 Å². The van der Waals surface area contributed by atoms with Gasteiger partial charge in [-0.25, -0.2) is 8.78 Å². The number of hydrogen-bond acceptors (Lipinski definition) is 2. The Morgan fingerprint density at radius 2 is 1.93 bits per heavy atom. The number of nitrogens with zero attached hydrogens (tertiary/aromatic N) is 1. The highest BCUT2D eigenvalue weighted by atomic mass is 35.5. The third-order valence-corrected chi connectivity index (χ3v) is 1.50. The largest absolute Gasteiger partial charge is 0.330 e. The van der Waals surface area contributed by atoms with Crippen LogP contribution < -0.4 is 5.73 Å². The van der Waals surface area contributed by atoms with Gasteiger partial charge in [-0.05, 0) is 24.6 Å². The van der Waals surface area contributed by atoms with Crippen molar-refractivity contribution in [1.82, 2.24) is 4.98 Å². The van der Waals surface area contributed by atoms with Gasteiger partial charge in [0.25, 0.3) is 6.43 Å². The maximum atomic E-state index is 12.1. The summed E-state index contributed by atoms with van der Waals surface area (Å²) < 4.78 is 24.2. The van der Waals surface area contributed by atoms with Crippen LogP contribution in [0.3, 0.4) is 0 Å². The van der Waals surface area contributed by atoms with Gasteiger partial charge in [0.1, 0.15) is 0 Å². The molecule has 2 N–H and O–H groups in total. The minimum Gasteiger partial charge on any atom is -0.330 e. The molecule has 0 bridgehead atoms. The second-order valence-corrected chi connectivity index (χ2v) is 2.47. The van der Waals surface area contributed by atoms with Gasteiger partial charge < -0.3 is 5.73 Å². The number of aromatic nitrogens is 1. The van der Waals surface area contributed by atoms with Crippen LogP contribution in [0.1, 0.15) is 17.6 Å².